The fourth-order valence-corrected chi connectivity index (χ4v) is 6.28. The van der Waals surface area contributed by atoms with E-state index in [4.69, 9.17) is 10.5 Å². The molecular formula is C37H41N5O8S. The third-order valence-corrected chi connectivity index (χ3v) is 9.85. The van der Waals surface area contributed by atoms with Crippen LogP contribution in [0.25, 0.3) is 0 Å². The van der Waals surface area contributed by atoms with E-state index in [1.165, 1.54) is 37.3 Å². The number of carbonyl (C=O) groups is 4. The number of rotatable bonds is 16. The summed E-state index contributed by atoms with van der Waals surface area (Å²) in [6, 6.07) is 25.3. The number of urea groups is 1. The summed E-state index contributed by atoms with van der Waals surface area (Å²) in [4.78, 5) is 50.9. The number of nitrogens with one attached hydrogen (secondary N) is 3. The fourth-order valence-electron chi connectivity index (χ4n) is 5.16. The predicted octanol–water partition coefficient (Wildman–Crippen LogP) is 5.34. The number of nitrogens with two attached hydrogens (primary N) is 1. The molecule has 51 heavy (non-hydrogen) atoms. The van der Waals surface area contributed by atoms with Crippen molar-refractivity contribution in [3.05, 3.63) is 125 Å². The van der Waals surface area contributed by atoms with Gasteiger partial charge in [0.15, 0.2) is 15.9 Å². The molecule has 0 saturated heterocycles. The number of carboxylic acids is 1. The van der Waals surface area contributed by atoms with Crippen molar-refractivity contribution in [2.75, 3.05) is 29.5 Å². The van der Waals surface area contributed by atoms with Crippen molar-refractivity contribution in [1.82, 2.24) is 10.2 Å². The lowest BCUT2D eigenvalue weighted by atomic mass is 10.0. The number of anilines is 2. The van der Waals surface area contributed by atoms with Crippen LogP contribution in [-0.2, 0) is 38.9 Å². The van der Waals surface area contributed by atoms with Crippen LogP contribution in [0.3, 0.4) is 0 Å². The Morgan fingerprint density at radius 2 is 1.59 bits per heavy atom. The molecule has 0 aromatic heterocycles. The number of nitrogens with zero attached hydrogens (tertiary/aromatic N) is 1. The quantitative estimate of drug-likeness (QED) is 0.102. The summed E-state index contributed by atoms with van der Waals surface area (Å²) >= 11 is 0. The number of alkyl carbamates (subject to hydrolysis) is 1. The maximum Gasteiger partial charge on any atom is 0.407 e. The molecule has 1 unspecified atom stereocenters. The predicted molar refractivity (Wildman–Crippen MR) is 193 cm³/mol. The van der Waals surface area contributed by atoms with Crippen LogP contribution in [0.1, 0.15) is 52.5 Å². The molecule has 13 nitrogen and oxygen atoms in total. The monoisotopic (exact) mass is 715 g/mol. The Morgan fingerprint density at radius 3 is 2.24 bits per heavy atom. The molecule has 4 aromatic rings. The number of hydrogen-bond acceptors (Lipinski definition) is 8. The van der Waals surface area contributed by atoms with E-state index in [9.17, 15) is 32.7 Å². The van der Waals surface area contributed by atoms with Gasteiger partial charge in [-0.05, 0) is 72.0 Å². The molecule has 6 N–H and O–H groups in total. The number of amides is 4. The molecule has 4 amide bonds. The highest BCUT2D eigenvalue weighted by Crippen LogP contribution is 2.24. The lowest BCUT2D eigenvalue weighted by molar-refractivity contribution is -0.138. The van der Waals surface area contributed by atoms with E-state index in [-0.39, 0.29) is 29.4 Å². The Labute approximate surface area is 296 Å². The first-order valence-electron chi connectivity index (χ1n) is 16.2. The summed E-state index contributed by atoms with van der Waals surface area (Å²) in [5.74, 6) is -1.88. The maximum absolute atomic E-state index is 13.3. The first-order chi connectivity index (χ1) is 24.4. The average Bonchev–Trinajstić information content (AvgIpc) is 3.13. The van der Waals surface area contributed by atoms with Crippen molar-refractivity contribution in [3.63, 3.8) is 0 Å². The number of carbonyl (C=O) groups excluding carboxylic acids is 3. The normalized spacial score (nSPS) is 11.6. The summed E-state index contributed by atoms with van der Waals surface area (Å²) < 4.78 is 30.9. The van der Waals surface area contributed by atoms with Gasteiger partial charge in [-0.1, -0.05) is 67.6 Å². The van der Waals surface area contributed by atoms with Crippen LogP contribution in [0.4, 0.5) is 21.0 Å². The van der Waals surface area contributed by atoms with Crippen LogP contribution in [0.2, 0.25) is 0 Å². The van der Waals surface area contributed by atoms with Crippen molar-refractivity contribution < 1.29 is 37.4 Å². The largest absolute Gasteiger partial charge is 0.479 e. The molecule has 0 heterocycles. The zero-order valence-electron chi connectivity index (χ0n) is 28.3. The van der Waals surface area contributed by atoms with Crippen LogP contribution in [0.15, 0.2) is 102 Å². The Bertz CT molecular complexity index is 1950. The second-order valence-electron chi connectivity index (χ2n) is 11.5. The smallest absolute Gasteiger partial charge is 0.407 e. The molecule has 14 heteroatoms. The number of primary amides is 1. The van der Waals surface area contributed by atoms with Crippen LogP contribution in [0, 0.1) is 0 Å². The zero-order valence-corrected chi connectivity index (χ0v) is 29.1. The molecule has 0 saturated carbocycles. The SMILES string of the molecule is CCN(CCc1ccc(C(Nc2cccc(C(N)=O)c2)C(=O)O)cc1)C(=O)Nc1ccc(S(=O)(=O)CC)c(CNC(=O)OCc2ccccc2)c1. The fraction of sp³-hybridized carbons (Fsp3) is 0.243. The number of carboxylic acid groups (broad SMARTS) is 1. The molecule has 4 rings (SSSR count). The lowest BCUT2D eigenvalue weighted by Crippen LogP contribution is -2.36. The third-order valence-electron chi connectivity index (χ3n) is 8.02. The van der Waals surface area contributed by atoms with Gasteiger partial charge in [0.25, 0.3) is 0 Å². The van der Waals surface area contributed by atoms with Gasteiger partial charge in [-0.3, -0.25) is 4.79 Å². The van der Waals surface area contributed by atoms with E-state index in [2.05, 4.69) is 16.0 Å². The van der Waals surface area contributed by atoms with Crippen LogP contribution in [0.5, 0.6) is 0 Å². The van der Waals surface area contributed by atoms with Gasteiger partial charge in [-0.2, -0.15) is 0 Å². The summed E-state index contributed by atoms with van der Waals surface area (Å²) in [5, 5.41) is 18.2. The molecule has 0 radical (unpaired) electrons. The molecule has 0 aliphatic carbocycles. The number of likely N-dealkylation sites (N-methyl/N-ethyl adjacent to an activating group) is 1. The molecule has 4 aromatic carbocycles. The van der Waals surface area contributed by atoms with E-state index >= 15 is 0 Å². The summed E-state index contributed by atoms with van der Waals surface area (Å²) in [5.41, 5.74) is 8.82. The van der Waals surface area contributed by atoms with Crippen molar-refractivity contribution in [2.24, 2.45) is 5.73 Å². The van der Waals surface area contributed by atoms with Crippen LogP contribution in [-0.4, -0.2) is 61.3 Å². The maximum atomic E-state index is 13.3. The minimum atomic E-state index is -3.64. The van der Waals surface area contributed by atoms with Gasteiger partial charge in [0.2, 0.25) is 5.91 Å². The molecule has 0 bridgehead atoms. The first kappa shape index (κ1) is 37.9. The molecule has 0 spiro atoms. The molecule has 0 fully saturated rings. The second kappa shape index (κ2) is 17.7. The highest BCUT2D eigenvalue weighted by molar-refractivity contribution is 7.91. The number of benzene rings is 4. The summed E-state index contributed by atoms with van der Waals surface area (Å²) in [6.45, 7) is 3.98. The zero-order chi connectivity index (χ0) is 37.0. The van der Waals surface area contributed by atoms with Crippen LogP contribution < -0.4 is 21.7 Å². The summed E-state index contributed by atoms with van der Waals surface area (Å²) in [6.07, 6.45) is -0.246. The minimum absolute atomic E-state index is 0.0432. The van der Waals surface area contributed by atoms with E-state index in [0.29, 0.717) is 42.0 Å². The summed E-state index contributed by atoms with van der Waals surface area (Å²) in [7, 11) is -3.64. The van der Waals surface area contributed by atoms with Crippen molar-refractivity contribution in [2.45, 2.75) is 44.4 Å². The van der Waals surface area contributed by atoms with Crippen molar-refractivity contribution in [1.29, 1.82) is 0 Å². The third kappa shape index (κ3) is 10.8. The van der Waals surface area contributed by atoms with Gasteiger partial charge in [0.1, 0.15) is 6.61 Å². The van der Waals surface area contributed by atoms with Gasteiger partial charge in [-0.25, -0.2) is 22.8 Å². The molecule has 0 aliphatic heterocycles. The standard InChI is InChI=1S/C37H41N5O8S/c1-3-42(20-19-25-13-15-27(16-14-25)33(35(44)45)40-30-12-8-11-28(21-30)34(38)43)36(46)41-31-17-18-32(51(48,49)4-2)29(22-31)23-39-37(47)50-24-26-9-6-5-7-10-26/h5-18,21-22,33,40H,3-4,19-20,23-24H2,1-2H3,(H2,38,43)(H,39,47)(H,41,46)(H,44,45). The van der Waals surface area contributed by atoms with E-state index in [1.807, 2.05) is 37.3 Å². The average molecular weight is 716 g/mol. The van der Waals surface area contributed by atoms with E-state index < -0.39 is 39.9 Å². The highest BCUT2D eigenvalue weighted by atomic mass is 32.2. The number of sulfone groups is 1. The topological polar surface area (TPSA) is 197 Å². The molecular weight excluding hydrogens is 675 g/mol. The van der Waals surface area contributed by atoms with Crippen LogP contribution >= 0.6 is 0 Å². The van der Waals surface area contributed by atoms with Gasteiger partial charge in [-0.15, -0.1) is 0 Å². The van der Waals surface area contributed by atoms with Crippen molar-refractivity contribution in [3.8, 4) is 0 Å². The molecule has 268 valence electrons. The van der Waals surface area contributed by atoms with E-state index in [1.54, 1.807) is 41.3 Å². The lowest BCUT2D eigenvalue weighted by Gasteiger charge is -2.22. The Kier molecular flexibility index (Phi) is 13.1. The minimum Gasteiger partial charge on any atom is -0.479 e. The van der Waals surface area contributed by atoms with Gasteiger partial charge >= 0.3 is 18.1 Å². The van der Waals surface area contributed by atoms with E-state index in [0.717, 1.165) is 11.1 Å². The Balaban J connectivity index is 1.38. The number of ether oxygens (including phenoxy) is 1. The van der Waals surface area contributed by atoms with Gasteiger partial charge < -0.3 is 36.4 Å². The number of aliphatic carboxylic acids is 1. The first-order valence-corrected chi connectivity index (χ1v) is 17.9. The van der Waals surface area contributed by atoms with Crippen molar-refractivity contribution >= 4 is 45.2 Å². The Hall–Kier alpha value is -5.89. The molecule has 1 atom stereocenters. The molecule has 0 aliphatic rings. The van der Waals surface area contributed by atoms with Gasteiger partial charge in [0.05, 0.1) is 10.6 Å². The second-order valence-corrected chi connectivity index (χ2v) is 13.7. The number of hydrogen-bond donors (Lipinski definition) is 5. The Morgan fingerprint density at radius 1 is 0.863 bits per heavy atom. The highest BCUT2D eigenvalue weighted by Gasteiger charge is 2.21. The van der Waals surface area contributed by atoms with Gasteiger partial charge in [0, 0.05) is 36.6 Å².